The van der Waals surface area contributed by atoms with Gasteiger partial charge in [0.05, 0.1) is 6.61 Å². The number of benzene rings is 1. The number of hydrogen-bond acceptors (Lipinski definition) is 8. The summed E-state index contributed by atoms with van der Waals surface area (Å²) in [5, 5.41) is 12.7. The van der Waals surface area contributed by atoms with Crippen molar-refractivity contribution in [2.24, 2.45) is 5.92 Å². The van der Waals surface area contributed by atoms with Crippen LogP contribution in [0, 0.1) is 5.92 Å². The monoisotopic (exact) mass is 469 g/mol. The summed E-state index contributed by atoms with van der Waals surface area (Å²) in [6, 6.07) is 9.32. The number of aromatic nitrogens is 4. The molecule has 11 nitrogen and oxygen atoms in total. The fraction of sp³-hybridized carbons (Fsp3) is 0.478. The maximum atomic E-state index is 12.8. The van der Waals surface area contributed by atoms with Crippen molar-refractivity contribution in [2.75, 3.05) is 11.9 Å². The Kier molecular flexibility index (Phi) is 5.32. The fourth-order valence-corrected chi connectivity index (χ4v) is 4.58. The lowest BCUT2D eigenvalue weighted by Crippen LogP contribution is -2.46. The van der Waals surface area contributed by atoms with E-state index in [0.717, 1.165) is 0 Å². The summed E-state index contributed by atoms with van der Waals surface area (Å²) < 4.78 is 20.5. The Morgan fingerprint density at radius 2 is 1.97 bits per heavy atom. The maximum absolute atomic E-state index is 12.8. The predicted molar refractivity (Wildman–Crippen MR) is 121 cm³/mol. The normalized spacial score (nSPS) is 27.9. The number of aliphatic hydroxyl groups is 1. The van der Waals surface area contributed by atoms with E-state index in [4.69, 9.17) is 14.2 Å². The summed E-state index contributed by atoms with van der Waals surface area (Å²) in [7, 11) is 0. The van der Waals surface area contributed by atoms with Gasteiger partial charge in [0.25, 0.3) is 5.56 Å². The third kappa shape index (κ3) is 3.43. The molecule has 11 heteroatoms. The van der Waals surface area contributed by atoms with Gasteiger partial charge in [-0.2, -0.15) is 4.98 Å². The van der Waals surface area contributed by atoms with Gasteiger partial charge in [-0.3, -0.25) is 24.5 Å². The minimum Gasteiger partial charge on any atom is -0.394 e. The first-order chi connectivity index (χ1) is 16.2. The summed E-state index contributed by atoms with van der Waals surface area (Å²) in [6.07, 6.45) is -0.514. The Hall–Kier alpha value is -3.12. The molecule has 180 valence electrons. The van der Waals surface area contributed by atoms with Crippen LogP contribution < -0.4 is 10.9 Å². The number of amides is 1. The first kappa shape index (κ1) is 22.7. The van der Waals surface area contributed by atoms with Crippen molar-refractivity contribution in [3.8, 4) is 0 Å². The molecule has 2 aliphatic rings. The van der Waals surface area contributed by atoms with Gasteiger partial charge in [-0.25, -0.2) is 4.98 Å². The number of nitrogens with zero attached hydrogens (tertiary/aromatic N) is 3. The molecule has 0 saturated carbocycles. The van der Waals surface area contributed by atoms with Gasteiger partial charge in [-0.15, -0.1) is 0 Å². The lowest BCUT2D eigenvalue weighted by atomic mass is 9.94. The highest BCUT2D eigenvalue weighted by molar-refractivity contribution is 5.91. The van der Waals surface area contributed by atoms with Crippen LogP contribution in [0.4, 0.5) is 5.95 Å². The number of imidazole rings is 1. The Morgan fingerprint density at radius 3 is 2.65 bits per heavy atom. The van der Waals surface area contributed by atoms with E-state index in [2.05, 4.69) is 20.3 Å². The number of carbonyl (C=O) groups is 1. The van der Waals surface area contributed by atoms with Crippen molar-refractivity contribution < 1.29 is 24.1 Å². The fourth-order valence-electron chi connectivity index (χ4n) is 4.58. The Morgan fingerprint density at radius 1 is 1.24 bits per heavy atom. The van der Waals surface area contributed by atoms with Crippen molar-refractivity contribution >= 4 is 23.0 Å². The van der Waals surface area contributed by atoms with Crippen molar-refractivity contribution in [3.05, 3.63) is 52.6 Å². The summed E-state index contributed by atoms with van der Waals surface area (Å²) in [5.41, 5.74) is -0.886. The molecule has 0 aliphatic carbocycles. The number of rotatable bonds is 5. The summed E-state index contributed by atoms with van der Waals surface area (Å²) in [6.45, 7) is 6.77. The zero-order chi connectivity index (χ0) is 24.3. The largest absolute Gasteiger partial charge is 0.394 e. The third-order valence-corrected chi connectivity index (χ3v) is 6.11. The van der Waals surface area contributed by atoms with Gasteiger partial charge in [0.1, 0.15) is 24.6 Å². The van der Waals surface area contributed by atoms with Crippen molar-refractivity contribution in [1.29, 1.82) is 0 Å². The summed E-state index contributed by atoms with van der Waals surface area (Å²) >= 11 is 0. The van der Waals surface area contributed by atoms with Gasteiger partial charge in [0.2, 0.25) is 17.6 Å². The number of nitrogens with one attached hydrogen (secondary N) is 2. The van der Waals surface area contributed by atoms with Crippen LogP contribution in [-0.4, -0.2) is 61.2 Å². The molecule has 0 bridgehead atoms. The van der Waals surface area contributed by atoms with Gasteiger partial charge in [0.15, 0.2) is 17.0 Å². The molecule has 0 radical (unpaired) electrons. The number of hydrogen-bond donors (Lipinski definition) is 3. The first-order valence-corrected chi connectivity index (χ1v) is 11.1. The molecule has 2 fully saturated rings. The number of aromatic amines is 1. The Labute approximate surface area is 195 Å². The lowest BCUT2D eigenvalue weighted by Gasteiger charge is -2.36. The molecule has 4 atom stereocenters. The highest BCUT2D eigenvalue weighted by atomic mass is 16.8. The van der Waals surface area contributed by atoms with Gasteiger partial charge < -0.3 is 19.3 Å². The average Bonchev–Trinajstić information content (AvgIpc) is 3.44. The second-order valence-corrected chi connectivity index (χ2v) is 9.27. The molecule has 1 aromatic carbocycles. The van der Waals surface area contributed by atoms with Gasteiger partial charge in [-0.1, -0.05) is 44.2 Å². The SMILES string of the molecule is CC(C)C(=O)Nc1nc2c(ncn2C2(c3ccccc3)O[C@H](CO)[C@H]3OC(C)(C)O[C@H]32)c(=O)[nH]1. The van der Waals surface area contributed by atoms with Crippen LogP contribution in [0.15, 0.2) is 41.5 Å². The number of anilines is 1. The summed E-state index contributed by atoms with van der Waals surface area (Å²) in [5.74, 6) is -1.53. The molecule has 2 aliphatic heterocycles. The van der Waals surface area contributed by atoms with Crippen molar-refractivity contribution in [1.82, 2.24) is 19.5 Å². The molecule has 4 heterocycles. The molecule has 5 rings (SSSR count). The number of H-pyrrole nitrogens is 1. The van der Waals surface area contributed by atoms with Crippen LogP contribution in [0.1, 0.15) is 33.3 Å². The first-order valence-electron chi connectivity index (χ1n) is 11.1. The van der Waals surface area contributed by atoms with Crippen molar-refractivity contribution in [3.63, 3.8) is 0 Å². The topological polar surface area (TPSA) is 141 Å². The second-order valence-electron chi connectivity index (χ2n) is 9.27. The smallest absolute Gasteiger partial charge is 0.280 e. The van der Waals surface area contributed by atoms with Crippen LogP contribution >= 0.6 is 0 Å². The lowest BCUT2D eigenvalue weighted by molar-refractivity contribution is -0.221. The van der Waals surface area contributed by atoms with Gasteiger partial charge in [-0.05, 0) is 13.8 Å². The standard InChI is InChI=1S/C23H27N5O6/c1-12(2)19(30)26-21-25-18-15(20(31)27-21)24-11-28(18)23(13-8-6-5-7-9-13)17-16(14(10-29)32-23)33-22(3,4)34-17/h5-9,11-12,14,16-17,29H,10H2,1-4H3,(H2,25,26,27,30,31)/t14-,16-,17-,23?/m1/s1. The van der Waals surface area contributed by atoms with E-state index in [9.17, 15) is 14.7 Å². The van der Waals surface area contributed by atoms with E-state index in [1.54, 1.807) is 32.3 Å². The average molecular weight is 469 g/mol. The number of aliphatic hydroxyl groups excluding tert-OH is 1. The van der Waals surface area contributed by atoms with E-state index >= 15 is 0 Å². The zero-order valence-electron chi connectivity index (χ0n) is 19.3. The van der Waals surface area contributed by atoms with Crippen LogP contribution in [-0.2, 0) is 24.7 Å². The van der Waals surface area contributed by atoms with E-state index in [1.165, 1.54) is 6.33 Å². The van der Waals surface area contributed by atoms with Crippen LogP contribution in [0.5, 0.6) is 0 Å². The minimum absolute atomic E-state index is 0.00154. The van der Waals surface area contributed by atoms with Crippen LogP contribution in [0.2, 0.25) is 0 Å². The molecule has 1 unspecified atom stereocenters. The predicted octanol–water partition coefficient (Wildman–Crippen LogP) is 1.33. The van der Waals surface area contributed by atoms with Crippen LogP contribution in [0.25, 0.3) is 11.2 Å². The van der Waals surface area contributed by atoms with E-state index < -0.39 is 35.4 Å². The van der Waals surface area contributed by atoms with E-state index in [1.807, 2.05) is 30.3 Å². The van der Waals surface area contributed by atoms with Crippen molar-refractivity contribution in [2.45, 2.75) is 57.5 Å². The number of ether oxygens (including phenoxy) is 3. The number of carbonyl (C=O) groups excluding carboxylic acids is 1. The molecule has 1 amide bonds. The molecule has 34 heavy (non-hydrogen) atoms. The quantitative estimate of drug-likeness (QED) is 0.508. The third-order valence-electron chi connectivity index (χ3n) is 6.11. The van der Waals surface area contributed by atoms with Gasteiger partial charge in [0, 0.05) is 11.5 Å². The number of fused-ring (bicyclic) bond motifs is 2. The van der Waals surface area contributed by atoms with Crippen LogP contribution in [0.3, 0.4) is 0 Å². The zero-order valence-corrected chi connectivity index (χ0v) is 19.3. The Bertz CT molecular complexity index is 1290. The molecule has 0 spiro atoms. The second kappa shape index (κ2) is 7.98. The molecular formula is C23H27N5O6. The van der Waals surface area contributed by atoms with E-state index in [0.29, 0.717) is 5.56 Å². The minimum atomic E-state index is -1.35. The summed E-state index contributed by atoms with van der Waals surface area (Å²) in [4.78, 5) is 36.4. The molecule has 3 aromatic rings. The molecule has 2 aromatic heterocycles. The van der Waals surface area contributed by atoms with Gasteiger partial charge >= 0.3 is 0 Å². The Balaban J connectivity index is 1.74. The maximum Gasteiger partial charge on any atom is 0.280 e. The highest BCUT2D eigenvalue weighted by Gasteiger charge is 2.65. The molecule has 3 N–H and O–H groups in total. The molecular weight excluding hydrogens is 442 g/mol. The van der Waals surface area contributed by atoms with E-state index in [-0.39, 0.29) is 35.5 Å². The highest BCUT2D eigenvalue weighted by Crippen LogP contribution is 2.50. The molecule has 2 saturated heterocycles.